The van der Waals surface area contributed by atoms with Gasteiger partial charge in [-0.1, -0.05) is 0 Å². The Hall–Kier alpha value is -0.710. The van der Waals surface area contributed by atoms with Crippen LogP contribution in [0.5, 0.6) is 0 Å². The van der Waals surface area contributed by atoms with Crippen molar-refractivity contribution < 1.29 is 9.59 Å². The second-order valence-corrected chi connectivity index (χ2v) is 2.37. The lowest BCUT2D eigenvalue weighted by molar-refractivity contribution is -0.116. The Morgan fingerprint density at radius 3 is 2.33 bits per heavy atom. The molecule has 0 aliphatic rings. The molecule has 0 aliphatic heterocycles. The minimum Gasteiger partial charge on any atom is -0.369 e. The third kappa shape index (κ3) is 7.29. The number of thioether (sulfide) groups is 1. The molecule has 0 aromatic heterocycles. The van der Waals surface area contributed by atoms with E-state index in [0.717, 1.165) is 11.8 Å². The van der Waals surface area contributed by atoms with Gasteiger partial charge in [0.25, 0.3) is 0 Å². The van der Waals surface area contributed by atoms with Crippen molar-refractivity contribution in [3.05, 3.63) is 0 Å². The second kappa shape index (κ2) is 4.20. The minimum atomic E-state index is -0.679. The monoisotopic (exact) mass is 147 g/mol. The van der Waals surface area contributed by atoms with Crippen LogP contribution < -0.4 is 11.5 Å². The van der Waals surface area contributed by atoms with Crippen LogP contribution in [-0.2, 0) is 9.59 Å². The first-order valence-electron chi connectivity index (χ1n) is 2.23. The number of hydrogen-bond donors (Lipinski definition) is 1. The molecule has 0 heterocycles. The van der Waals surface area contributed by atoms with Gasteiger partial charge in [-0.2, -0.15) is 0 Å². The quantitative estimate of drug-likeness (QED) is 0.554. The number of carbonyl (C=O) groups is 2. The lowest BCUT2D eigenvalue weighted by atomic mass is 10.8. The Labute approximate surface area is 57.0 Å². The van der Waals surface area contributed by atoms with E-state index in [1.807, 2.05) is 0 Å². The normalized spacial score (nSPS) is 8.89. The second-order valence-electron chi connectivity index (χ2n) is 1.38. The summed E-state index contributed by atoms with van der Waals surface area (Å²) in [5.74, 6) is -0.976. The molecule has 0 rings (SSSR count). The van der Waals surface area contributed by atoms with Crippen molar-refractivity contribution in [2.24, 2.45) is 5.73 Å². The molecular weight excluding hydrogens is 140 g/mol. The van der Waals surface area contributed by atoms with Crippen LogP contribution in [-0.4, -0.2) is 23.3 Å². The average molecular weight is 147 g/mol. The van der Waals surface area contributed by atoms with Gasteiger partial charge >= 0.3 is 0 Å². The van der Waals surface area contributed by atoms with Crippen molar-refractivity contribution in [3.63, 3.8) is 0 Å². The molecule has 0 fully saturated rings. The van der Waals surface area contributed by atoms with Gasteiger partial charge in [0.1, 0.15) is 0 Å². The van der Waals surface area contributed by atoms with Crippen LogP contribution in [0.25, 0.3) is 0 Å². The molecule has 0 saturated carbocycles. The molecule has 1 radical (unpaired) electrons. The summed E-state index contributed by atoms with van der Waals surface area (Å²) in [7, 11) is 0. The van der Waals surface area contributed by atoms with E-state index < -0.39 is 11.8 Å². The van der Waals surface area contributed by atoms with Gasteiger partial charge in [0, 0.05) is 0 Å². The zero-order valence-electron chi connectivity index (χ0n) is 4.72. The molecule has 9 heavy (non-hydrogen) atoms. The first-order valence-corrected chi connectivity index (χ1v) is 3.39. The number of primary amides is 1. The molecule has 2 amide bonds. The summed E-state index contributed by atoms with van der Waals surface area (Å²) >= 11 is 1.06. The fourth-order valence-electron chi connectivity index (χ4n) is 0.244. The van der Waals surface area contributed by atoms with E-state index in [1.54, 1.807) is 0 Å². The molecule has 0 bridgehead atoms. The molecular formula is C4H7N2O2S. The lowest BCUT2D eigenvalue weighted by Crippen LogP contribution is -2.14. The molecule has 0 aromatic carbocycles. The van der Waals surface area contributed by atoms with E-state index in [-0.39, 0.29) is 11.5 Å². The fourth-order valence-corrected chi connectivity index (χ4v) is 0.733. The summed E-state index contributed by atoms with van der Waals surface area (Å²) in [5, 5.41) is 0. The average Bonchev–Trinajstić information content (AvgIpc) is 1.63. The van der Waals surface area contributed by atoms with Crippen LogP contribution in [0.3, 0.4) is 0 Å². The van der Waals surface area contributed by atoms with E-state index in [2.05, 4.69) is 0 Å². The SMILES string of the molecule is [NH]C(=O)CSCC(N)=O. The first-order chi connectivity index (χ1) is 4.13. The fraction of sp³-hybridized carbons (Fsp3) is 0.500. The Morgan fingerprint density at radius 1 is 1.44 bits per heavy atom. The highest BCUT2D eigenvalue weighted by molar-refractivity contribution is 8.00. The van der Waals surface area contributed by atoms with E-state index in [4.69, 9.17) is 11.5 Å². The molecule has 0 atom stereocenters. The smallest absolute Gasteiger partial charge is 0.248 e. The predicted molar refractivity (Wildman–Crippen MR) is 34.6 cm³/mol. The standard InChI is InChI=1S/C4H7N2O2S/c5-3(7)1-9-2-4(6)8/h5H,1-2H2,(H2,6,8). The van der Waals surface area contributed by atoms with Crippen molar-refractivity contribution in [2.75, 3.05) is 11.5 Å². The predicted octanol–water partition coefficient (Wildman–Crippen LogP) is -0.986. The maximum Gasteiger partial charge on any atom is 0.248 e. The third-order valence-electron chi connectivity index (χ3n) is 0.477. The summed E-state index contributed by atoms with van der Waals surface area (Å²) in [6, 6.07) is 0. The Morgan fingerprint density at radius 2 is 2.00 bits per heavy atom. The van der Waals surface area contributed by atoms with Crippen LogP contribution >= 0.6 is 11.8 Å². The summed E-state index contributed by atoms with van der Waals surface area (Å²) < 4.78 is 0. The molecule has 3 N–H and O–H groups in total. The number of hydrogen-bond acceptors (Lipinski definition) is 3. The Balaban J connectivity index is 3.10. The van der Waals surface area contributed by atoms with Gasteiger partial charge < -0.3 is 5.73 Å². The maximum absolute atomic E-state index is 10.0. The van der Waals surface area contributed by atoms with Gasteiger partial charge in [-0.25, -0.2) is 0 Å². The number of nitrogens with one attached hydrogen (secondary N) is 1. The Kier molecular flexibility index (Phi) is 3.87. The Bertz CT molecular complexity index is 112. The maximum atomic E-state index is 10.0. The van der Waals surface area contributed by atoms with Crippen LogP contribution in [0.2, 0.25) is 0 Å². The summed E-state index contributed by atoms with van der Waals surface area (Å²) in [6.45, 7) is 0. The van der Waals surface area contributed by atoms with Crippen molar-refractivity contribution >= 4 is 23.6 Å². The van der Waals surface area contributed by atoms with Crippen LogP contribution in [0.4, 0.5) is 0 Å². The third-order valence-corrected chi connectivity index (χ3v) is 1.43. The molecule has 0 aliphatic carbocycles. The van der Waals surface area contributed by atoms with Crippen LogP contribution in [0.15, 0.2) is 0 Å². The summed E-state index contributed by atoms with van der Waals surface area (Å²) in [5.41, 5.74) is 11.2. The van der Waals surface area contributed by atoms with Gasteiger partial charge in [-0.15, -0.1) is 11.8 Å². The zero-order valence-corrected chi connectivity index (χ0v) is 5.53. The molecule has 0 unspecified atom stereocenters. The minimum absolute atomic E-state index is 0.0446. The van der Waals surface area contributed by atoms with Crippen LogP contribution in [0.1, 0.15) is 0 Å². The van der Waals surface area contributed by atoms with Gasteiger partial charge in [-0.05, 0) is 0 Å². The number of nitrogens with two attached hydrogens (primary N) is 1. The molecule has 4 nitrogen and oxygen atoms in total. The van der Waals surface area contributed by atoms with E-state index in [9.17, 15) is 9.59 Å². The molecule has 51 valence electrons. The van der Waals surface area contributed by atoms with E-state index in [1.165, 1.54) is 0 Å². The number of rotatable bonds is 4. The van der Waals surface area contributed by atoms with Crippen molar-refractivity contribution in [1.29, 1.82) is 0 Å². The lowest BCUT2D eigenvalue weighted by Gasteiger charge is -1.90. The van der Waals surface area contributed by atoms with Crippen molar-refractivity contribution in [3.8, 4) is 0 Å². The van der Waals surface area contributed by atoms with Gasteiger partial charge in [-0.3, -0.25) is 15.3 Å². The first kappa shape index (κ1) is 8.29. The highest BCUT2D eigenvalue weighted by Gasteiger charge is 1.97. The summed E-state index contributed by atoms with van der Waals surface area (Å²) in [4.78, 5) is 19.9. The zero-order chi connectivity index (χ0) is 7.28. The topological polar surface area (TPSA) is 84.0 Å². The van der Waals surface area contributed by atoms with Crippen molar-refractivity contribution in [2.45, 2.75) is 0 Å². The van der Waals surface area contributed by atoms with E-state index >= 15 is 0 Å². The van der Waals surface area contributed by atoms with Crippen LogP contribution in [0, 0.1) is 0 Å². The van der Waals surface area contributed by atoms with E-state index in [0.29, 0.717) is 0 Å². The molecule has 0 saturated heterocycles. The highest BCUT2D eigenvalue weighted by Crippen LogP contribution is 1.95. The van der Waals surface area contributed by atoms with Crippen molar-refractivity contribution in [1.82, 2.24) is 5.73 Å². The largest absolute Gasteiger partial charge is 0.369 e. The van der Waals surface area contributed by atoms with Gasteiger partial charge in [0.2, 0.25) is 11.8 Å². The van der Waals surface area contributed by atoms with Gasteiger partial charge in [0.05, 0.1) is 11.5 Å². The number of amides is 2. The number of carbonyl (C=O) groups excluding carboxylic acids is 2. The van der Waals surface area contributed by atoms with Gasteiger partial charge in [0.15, 0.2) is 0 Å². The molecule has 5 heteroatoms. The summed E-state index contributed by atoms with van der Waals surface area (Å²) in [6.07, 6.45) is 0. The molecule has 0 spiro atoms. The highest BCUT2D eigenvalue weighted by atomic mass is 32.2. The molecule has 0 aromatic rings.